The number of amides is 1. The molecule has 2 rings (SSSR count). The molecule has 22 heavy (non-hydrogen) atoms. The number of benzene rings is 2. The van der Waals surface area contributed by atoms with Crippen LogP contribution in [0.3, 0.4) is 0 Å². The highest BCUT2D eigenvalue weighted by Gasteiger charge is 2.18. The second kappa shape index (κ2) is 8.38. The van der Waals surface area contributed by atoms with Gasteiger partial charge in [-0.25, -0.2) is 0 Å². The first kappa shape index (κ1) is 16.3. The van der Waals surface area contributed by atoms with Crippen LogP contribution < -0.4 is 5.32 Å². The molecule has 1 N–H and O–H groups in total. The summed E-state index contributed by atoms with van der Waals surface area (Å²) in [5, 5.41) is 3.11. The van der Waals surface area contributed by atoms with E-state index in [1.165, 1.54) is 11.1 Å². The molecule has 0 saturated heterocycles. The number of carbonyl (C=O) groups excluding carboxylic acids is 1. The predicted octanol–water partition coefficient (Wildman–Crippen LogP) is 4.51. The van der Waals surface area contributed by atoms with E-state index < -0.39 is 0 Å². The minimum absolute atomic E-state index is 0.108. The van der Waals surface area contributed by atoms with E-state index in [1.54, 1.807) is 0 Å². The van der Waals surface area contributed by atoms with Crippen molar-refractivity contribution in [2.75, 3.05) is 0 Å². The van der Waals surface area contributed by atoms with Crippen LogP contribution in [0.5, 0.6) is 0 Å². The average Bonchev–Trinajstić information content (AvgIpc) is 2.54. The largest absolute Gasteiger partial charge is 0.354 e. The first-order chi connectivity index (χ1) is 10.7. The van der Waals surface area contributed by atoms with Crippen LogP contribution in [0.1, 0.15) is 50.2 Å². The maximum atomic E-state index is 12.4. The standard InChI is InChI=1S/C20H25NO/c1-3-10-16(2)21-20(22)15-19(17-11-6-4-7-12-17)18-13-8-5-9-14-18/h4-9,11-14,16,19H,3,10,15H2,1-2H3,(H,21,22)/t16-/m0/s1. The van der Waals surface area contributed by atoms with Crippen molar-refractivity contribution in [3.63, 3.8) is 0 Å². The molecule has 116 valence electrons. The van der Waals surface area contributed by atoms with Gasteiger partial charge in [0.15, 0.2) is 0 Å². The van der Waals surface area contributed by atoms with Crippen LogP contribution in [0.25, 0.3) is 0 Å². The van der Waals surface area contributed by atoms with Gasteiger partial charge in [0.1, 0.15) is 0 Å². The van der Waals surface area contributed by atoms with E-state index in [0.717, 1.165) is 12.8 Å². The summed E-state index contributed by atoms with van der Waals surface area (Å²) in [7, 11) is 0. The maximum Gasteiger partial charge on any atom is 0.221 e. The van der Waals surface area contributed by atoms with Crippen LogP contribution in [0, 0.1) is 0 Å². The molecule has 0 aromatic heterocycles. The first-order valence-corrected chi connectivity index (χ1v) is 8.10. The summed E-state index contributed by atoms with van der Waals surface area (Å²) >= 11 is 0. The molecule has 1 amide bonds. The molecule has 1 atom stereocenters. The molecule has 0 aliphatic heterocycles. The fraction of sp³-hybridized carbons (Fsp3) is 0.350. The second-order valence-electron chi connectivity index (χ2n) is 5.84. The van der Waals surface area contributed by atoms with Gasteiger partial charge in [0.05, 0.1) is 0 Å². The monoisotopic (exact) mass is 295 g/mol. The fourth-order valence-corrected chi connectivity index (χ4v) is 2.82. The summed E-state index contributed by atoms with van der Waals surface area (Å²) in [4.78, 5) is 12.4. The Bertz CT molecular complexity index is 525. The van der Waals surface area contributed by atoms with E-state index in [0.29, 0.717) is 6.42 Å². The Morgan fingerprint density at radius 3 is 1.91 bits per heavy atom. The zero-order chi connectivity index (χ0) is 15.8. The van der Waals surface area contributed by atoms with Crippen molar-refractivity contribution in [1.82, 2.24) is 5.32 Å². The number of hydrogen-bond donors (Lipinski definition) is 1. The second-order valence-corrected chi connectivity index (χ2v) is 5.84. The van der Waals surface area contributed by atoms with Crippen molar-refractivity contribution < 1.29 is 4.79 Å². The van der Waals surface area contributed by atoms with E-state index in [2.05, 4.69) is 43.4 Å². The van der Waals surface area contributed by atoms with Gasteiger partial charge in [0, 0.05) is 18.4 Å². The van der Waals surface area contributed by atoms with Crippen LogP contribution in [0.2, 0.25) is 0 Å². The lowest BCUT2D eigenvalue weighted by molar-refractivity contribution is -0.121. The van der Waals surface area contributed by atoms with E-state index in [4.69, 9.17) is 0 Å². The number of carbonyl (C=O) groups is 1. The highest BCUT2D eigenvalue weighted by molar-refractivity contribution is 5.77. The SMILES string of the molecule is CCC[C@H](C)NC(=O)CC(c1ccccc1)c1ccccc1. The molecule has 2 aromatic carbocycles. The molecular weight excluding hydrogens is 270 g/mol. The topological polar surface area (TPSA) is 29.1 Å². The van der Waals surface area contributed by atoms with Crippen LogP contribution in [0.15, 0.2) is 60.7 Å². The summed E-state index contributed by atoms with van der Waals surface area (Å²) in [6.45, 7) is 4.21. The van der Waals surface area contributed by atoms with Gasteiger partial charge in [0.25, 0.3) is 0 Å². The molecule has 0 aliphatic rings. The minimum atomic E-state index is 0.108. The van der Waals surface area contributed by atoms with E-state index in [9.17, 15) is 4.79 Å². The van der Waals surface area contributed by atoms with Crippen LogP contribution in [-0.4, -0.2) is 11.9 Å². The first-order valence-electron chi connectivity index (χ1n) is 8.10. The van der Waals surface area contributed by atoms with Gasteiger partial charge in [-0.1, -0.05) is 74.0 Å². The van der Waals surface area contributed by atoms with Crippen molar-refractivity contribution >= 4 is 5.91 Å². The molecule has 0 bridgehead atoms. The lowest BCUT2D eigenvalue weighted by Crippen LogP contribution is -2.33. The van der Waals surface area contributed by atoms with Gasteiger partial charge in [-0.15, -0.1) is 0 Å². The van der Waals surface area contributed by atoms with Gasteiger partial charge in [-0.05, 0) is 24.5 Å². The Balaban J connectivity index is 2.14. The Labute approximate surface area is 133 Å². The quantitative estimate of drug-likeness (QED) is 0.800. The van der Waals surface area contributed by atoms with Crippen molar-refractivity contribution in [2.45, 2.75) is 45.1 Å². The zero-order valence-electron chi connectivity index (χ0n) is 13.5. The molecule has 0 fully saturated rings. The number of rotatable bonds is 7. The summed E-state index contributed by atoms with van der Waals surface area (Å²) < 4.78 is 0. The van der Waals surface area contributed by atoms with Crippen molar-refractivity contribution in [2.24, 2.45) is 0 Å². The fourth-order valence-electron chi connectivity index (χ4n) is 2.82. The summed E-state index contributed by atoms with van der Waals surface area (Å²) in [6, 6.07) is 20.8. The Morgan fingerprint density at radius 2 is 1.45 bits per heavy atom. The molecule has 0 saturated carbocycles. The smallest absolute Gasteiger partial charge is 0.221 e. The normalized spacial score (nSPS) is 12.1. The third kappa shape index (κ3) is 4.73. The van der Waals surface area contributed by atoms with Gasteiger partial charge >= 0.3 is 0 Å². The van der Waals surface area contributed by atoms with Crippen molar-refractivity contribution in [3.05, 3.63) is 71.8 Å². The zero-order valence-corrected chi connectivity index (χ0v) is 13.5. The van der Waals surface area contributed by atoms with E-state index in [-0.39, 0.29) is 17.9 Å². The molecule has 0 spiro atoms. The lowest BCUT2D eigenvalue weighted by Gasteiger charge is -2.19. The highest BCUT2D eigenvalue weighted by Crippen LogP contribution is 2.27. The third-order valence-corrected chi connectivity index (χ3v) is 3.92. The Hall–Kier alpha value is -2.09. The number of hydrogen-bond acceptors (Lipinski definition) is 1. The molecule has 2 nitrogen and oxygen atoms in total. The molecule has 2 heteroatoms. The Morgan fingerprint density at radius 1 is 0.955 bits per heavy atom. The Kier molecular flexibility index (Phi) is 6.20. The minimum Gasteiger partial charge on any atom is -0.354 e. The molecule has 0 heterocycles. The van der Waals surface area contributed by atoms with Crippen LogP contribution >= 0.6 is 0 Å². The van der Waals surface area contributed by atoms with Gasteiger partial charge < -0.3 is 5.32 Å². The maximum absolute atomic E-state index is 12.4. The molecular formula is C20H25NO. The van der Waals surface area contributed by atoms with E-state index in [1.807, 2.05) is 36.4 Å². The van der Waals surface area contributed by atoms with Gasteiger partial charge in [0.2, 0.25) is 5.91 Å². The molecule has 0 aliphatic carbocycles. The van der Waals surface area contributed by atoms with E-state index >= 15 is 0 Å². The summed E-state index contributed by atoms with van der Waals surface area (Å²) in [5.41, 5.74) is 2.37. The van der Waals surface area contributed by atoms with Gasteiger partial charge in [-0.3, -0.25) is 4.79 Å². The molecule has 0 unspecified atom stereocenters. The average molecular weight is 295 g/mol. The van der Waals surface area contributed by atoms with Crippen molar-refractivity contribution in [3.8, 4) is 0 Å². The summed E-state index contributed by atoms with van der Waals surface area (Å²) in [5.74, 6) is 0.231. The molecule has 2 aromatic rings. The molecule has 0 radical (unpaired) electrons. The predicted molar refractivity (Wildman–Crippen MR) is 91.9 cm³/mol. The summed E-state index contributed by atoms with van der Waals surface area (Å²) in [6.07, 6.45) is 2.59. The van der Waals surface area contributed by atoms with Crippen molar-refractivity contribution in [1.29, 1.82) is 0 Å². The third-order valence-electron chi connectivity index (χ3n) is 3.92. The highest BCUT2D eigenvalue weighted by atomic mass is 16.1. The van der Waals surface area contributed by atoms with Crippen LogP contribution in [-0.2, 0) is 4.79 Å². The van der Waals surface area contributed by atoms with Crippen LogP contribution in [0.4, 0.5) is 0 Å². The van der Waals surface area contributed by atoms with Gasteiger partial charge in [-0.2, -0.15) is 0 Å². The number of nitrogens with one attached hydrogen (secondary N) is 1. The lowest BCUT2D eigenvalue weighted by atomic mass is 9.88.